The Hall–Kier alpha value is -1.85. The molecule has 104 valence electrons. The Morgan fingerprint density at radius 1 is 1.35 bits per heavy atom. The number of benzene rings is 1. The number of methoxy groups -OCH3 is 1. The number of rotatable bonds is 5. The van der Waals surface area contributed by atoms with E-state index >= 15 is 0 Å². The Labute approximate surface area is 125 Å². The molecule has 0 bridgehead atoms. The van der Waals surface area contributed by atoms with E-state index in [0.717, 1.165) is 5.56 Å². The van der Waals surface area contributed by atoms with Crippen molar-refractivity contribution in [2.45, 2.75) is 6.54 Å². The largest absolute Gasteiger partial charge is 0.496 e. The molecule has 1 N–H and O–H groups in total. The summed E-state index contributed by atoms with van der Waals surface area (Å²) < 4.78 is 5.24. The van der Waals surface area contributed by atoms with Crippen molar-refractivity contribution in [1.29, 1.82) is 0 Å². The number of carbonyl (C=O) groups excluding carboxylic acids is 1. The quantitative estimate of drug-likeness (QED) is 0.678. The molecule has 0 aliphatic carbocycles. The lowest BCUT2D eigenvalue weighted by Gasteiger charge is -2.12. The molecule has 0 amide bonds. The van der Waals surface area contributed by atoms with Gasteiger partial charge in [0.15, 0.2) is 6.29 Å². The lowest BCUT2D eigenvalue weighted by Crippen LogP contribution is -2.07. The molecule has 0 saturated heterocycles. The van der Waals surface area contributed by atoms with Crippen molar-refractivity contribution in [1.82, 2.24) is 9.97 Å². The first-order valence-corrected chi connectivity index (χ1v) is 6.44. The molecule has 1 heterocycles. The molecule has 0 saturated carbocycles. The maximum atomic E-state index is 11.0. The first-order valence-electron chi connectivity index (χ1n) is 5.68. The number of carbonyl (C=O) groups is 1. The van der Waals surface area contributed by atoms with Crippen LogP contribution in [0.3, 0.4) is 0 Å². The van der Waals surface area contributed by atoms with Gasteiger partial charge in [-0.2, -0.15) is 0 Å². The van der Waals surface area contributed by atoms with Crippen molar-refractivity contribution in [3.05, 3.63) is 45.8 Å². The van der Waals surface area contributed by atoms with E-state index in [1.54, 1.807) is 25.3 Å². The zero-order valence-corrected chi connectivity index (χ0v) is 12.1. The minimum Gasteiger partial charge on any atom is -0.496 e. The fourth-order valence-electron chi connectivity index (χ4n) is 1.69. The van der Waals surface area contributed by atoms with Crippen LogP contribution in [0.4, 0.5) is 5.82 Å². The first kappa shape index (κ1) is 14.6. The van der Waals surface area contributed by atoms with Crippen LogP contribution in [-0.4, -0.2) is 23.4 Å². The number of aromatic nitrogens is 2. The minimum atomic E-state index is 0.101. The molecule has 0 atom stereocenters. The monoisotopic (exact) mass is 311 g/mol. The molecule has 5 nitrogen and oxygen atoms in total. The van der Waals surface area contributed by atoms with Crippen LogP contribution in [0.15, 0.2) is 24.5 Å². The number of halogens is 2. The van der Waals surface area contributed by atoms with E-state index in [0.29, 0.717) is 29.4 Å². The molecule has 0 aliphatic rings. The van der Waals surface area contributed by atoms with Crippen LogP contribution in [0.1, 0.15) is 15.9 Å². The predicted molar refractivity (Wildman–Crippen MR) is 77.8 cm³/mol. The lowest BCUT2D eigenvalue weighted by atomic mass is 10.2. The van der Waals surface area contributed by atoms with Crippen LogP contribution in [-0.2, 0) is 6.54 Å². The first-order chi connectivity index (χ1) is 9.67. The van der Waals surface area contributed by atoms with E-state index in [1.807, 2.05) is 0 Å². The Morgan fingerprint density at radius 2 is 2.15 bits per heavy atom. The number of nitrogens with zero attached hydrogens (tertiary/aromatic N) is 2. The third-order valence-corrected chi connectivity index (χ3v) is 3.34. The Kier molecular flexibility index (Phi) is 4.76. The van der Waals surface area contributed by atoms with Gasteiger partial charge < -0.3 is 10.1 Å². The van der Waals surface area contributed by atoms with Crippen molar-refractivity contribution in [3.63, 3.8) is 0 Å². The molecule has 1 aromatic carbocycles. The maximum Gasteiger partial charge on any atom is 0.156 e. The fourth-order valence-corrected chi connectivity index (χ4v) is 2.10. The summed E-state index contributed by atoms with van der Waals surface area (Å²) in [6.07, 6.45) is 1.88. The summed E-state index contributed by atoms with van der Waals surface area (Å²) in [5.41, 5.74) is 0.975. The topological polar surface area (TPSA) is 64.1 Å². The normalized spacial score (nSPS) is 10.2. The van der Waals surface area contributed by atoms with Crippen LogP contribution in [0.25, 0.3) is 0 Å². The summed E-state index contributed by atoms with van der Waals surface area (Å²) in [4.78, 5) is 18.7. The van der Waals surface area contributed by atoms with Crippen LogP contribution in [0.2, 0.25) is 10.2 Å². The second-order valence-electron chi connectivity index (χ2n) is 3.82. The van der Waals surface area contributed by atoms with E-state index in [1.165, 1.54) is 6.33 Å². The predicted octanol–water partition coefficient (Wildman–Crippen LogP) is 3.22. The van der Waals surface area contributed by atoms with Gasteiger partial charge in [0.25, 0.3) is 0 Å². The van der Waals surface area contributed by atoms with Gasteiger partial charge in [0.2, 0.25) is 0 Å². The highest BCUT2D eigenvalue weighted by atomic mass is 35.5. The molecule has 2 rings (SSSR count). The number of hydrogen-bond donors (Lipinski definition) is 1. The Bertz CT molecular complexity index is 635. The Morgan fingerprint density at radius 3 is 2.85 bits per heavy atom. The highest BCUT2D eigenvalue weighted by Crippen LogP contribution is 2.27. The van der Waals surface area contributed by atoms with E-state index in [9.17, 15) is 4.79 Å². The number of ether oxygens (including phenoxy) is 1. The fraction of sp³-hybridized carbons (Fsp3) is 0.154. The van der Waals surface area contributed by atoms with Crippen molar-refractivity contribution in [2.75, 3.05) is 12.4 Å². The lowest BCUT2D eigenvalue weighted by molar-refractivity contribution is 0.112. The number of nitrogens with one attached hydrogen (secondary N) is 1. The van der Waals surface area contributed by atoms with Crippen molar-refractivity contribution >= 4 is 35.3 Å². The number of aldehydes is 1. The molecule has 0 aliphatic heterocycles. The van der Waals surface area contributed by atoms with Crippen molar-refractivity contribution in [3.8, 4) is 5.75 Å². The van der Waals surface area contributed by atoms with Crippen LogP contribution >= 0.6 is 23.2 Å². The van der Waals surface area contributed by atoms with E-state index in [4.69, 9.17) is 27.9 Å². The SMILES string of the molecule is COc1cccc(Cl)c1CNc1ncnc(Cl)c1C=O. The molecule has 0 unspecified atom stereocenters. The molecule has 0 fully saturated rings. The van der Waals surface area contributed by atoms with E-state index in [-0.39, 0.29) is 10.7 Å². The summed E-state index contributed by atoms with van der Waals surface area (Å²) in [5.74, 6) is 1.000. The second kappa shape index (κ2) is 6.54. The van der Waals surface area contributed by atoms with Gasteiger partial charge in [0.1, 0.15) is 23.0 Å². The third kappa shape index (κ3) is 3.00. The van der Waals surface area contributed by atoms with Crippen LogP contribution in [0, 0.1) is 0 Å². The molecule has 1 aromatic heterocycles. The van der Waals surface area contributed by atoms with Crippen LogP contribution in [0.5, 0.6) is 5.75 Å². The van der Waals surface area contributed by atoms with Gasteiger partial charge >= 0.3 is 0 Å². The Balaban J connectivity index is 2.26. The average molecular weight is 312 g/mol. The molecule has 7 heteroatoms. The van der Waals surface area contributed by atoms with E-state index < -0.39 is 0 Å². The van der Waals surface area contributed by atoms with Gasteiger partial charge in [0.05, 0.1) is 12.7 Å². The van der Waals surface area contributed by atoms with Crippen molar-refractivity contribution < 1.29 is 9.53 Å². The number of hydrogen-bond acceptors (Lipinski definition) is 5. The zero-order valence-electron chi connectivity index (χ0n) is 10.6. The van der Waals surface area contributed by atoms with Gasteiger partial charge in [-0.1, -0.05) is 29.3 Å². The molecular weight excluding hydrogens is 301 g/mol. The average Bonchev–Trinajstić information content (AvgIpc) is 2.45. The van der Waals surface area contributed by atoms with Gasteiger partial charge in [-0.3, -0.25) is 4.79 Å². The third-order valence-electron chi connectivity index (χ3n) is 2.68. The molecule has 2 aromatic rings. The maximum absolute atomic E-state index is 11.0. The zero-order chi connectivity index (χ0) is 14.5. The van der Waals surface area contributed by atoms with Gasteiger partial charge in [-0.15, -0.1) is 0 Å². The summed E-state index contributed by atoms with van der Waals surface area (Å²) in [7, 11) is 1.56. The second-order valence-corrected chi connectivity index (χ2v) is 4.58. The summed E-state index contributed by atoms with van der Waals surface area (Å²) in [5, 5.41) is 3.67. The van der Waals surface area contributed by atoms with Crippen molar-refractivity contribution in [2.24, 2.45) is 0 Å². The summed E-state index contributed by atoms with van der Waals surface area (Å²) in [6, 6.07) is 5.36. The molecule has 0 spiro atoms. The highest BCUT2D eigenvalue weighted by molar-refractivity contribution is 6.32. The van der Waals surface area contributed by atoms with Crippen LogP contribution < -0.4 is 10.1 Å². The molecule has 0 radical (unpaired) electrons. The summed E-state index contributed by atoms with van der Waals surface area (Å²) in [6.45, 7) is 0.344. The number of anilines is 1. The molecule has 20 heavy (non-hydrogen) atoms. The van der Waals surface area contributed by atoms with Gasteiger partial charge in [-0.05, 0) is 12.1 Å². The minimum absolute atomic E-state index is 0.101. The van der Waals surface area contributed by atoms with Gasteiger partial charge in [-0.25, -0.2) is 9.97 Å². The molecular formula is C13H11Cl2N3O2. The standard InChI is InChI=1S/C13H11Cl2N3O2/c1-20-11-4-2-3-10(14)8(11)5-16-13-9(6-19)12(15)17-7-18-13/h2-4,6-7H,5H2,1H3,(H,16,17,18). The van der Waals surface area contributed by atoms with E-state index in [2.05, 4.69) is 15.3 Å². The summed E-state index contributed by atoms with van der Waals surface area (Å²) >= 11 is 12.0. The highest BCUT2D eigenvalue weighted by Gasteiger charge is 2.11. The smallest absolute Gasteiger partial charge is 0.156 e. The van der Waals surface area contributed by atoms with Gasteiger partial charge in [0, 0.05) is 17.1 Å².